The van der Waals surface area contributed by atoms with Crippen molar-refractivity contribution in [1.29, 1.82) is 0 Å². The van der Waals surface area contributed by atoms with Gasteiger partial charge in [-0.3, -0.25) is 4.79 Å². The van der Waals surface area contributed by atoms with E-state index in [1.165, 1.54) is 0 Å². The average molecular weight is 305 g/mol. The summed E-state index contributed by atoms with van der Waals surface area (Å²) in [6.07, 6.45) is -2.21. The first-order chi connectivity index (χ1) is 10.0. The van der Waals surface area contributed by atoms with Crippen LogP contribution in [0.15, 0.2) is 0 Å². The molecule has 122 valence electrons. The highest BCUT2D eigenvalue weighted by Crippen LogP contribution is 2.22. The highest BCUT2D eigenvalue weighted by molar-refractivity contribution is 6.45. The van der Waals surface area contributed by atoms with E-state index in [-0.39, 0.29) is 12.4 Å². The second-order valence-corrected chi connectivity index (χ2v) is 5.04. The van der Waals surface area contributed by atoms with Crippen molar-refractivity contribution >= 4 is 13.0 Å². The van der Waals surface area contributed by atoms with Crippen LogP contribution in [0.2, 0.25) is 0 Å². The minimum Gasteiger partial charge on any atom is -0.402 e. The lowest BCUT2D eigenvalue weighted by molar-refractivity contribution is -0.121. The van der Waals surface area contributed by atoms with Crippen LogP contribution < -0.4 is 5.32 Å². The molecule has 5 N–H and O–H groups in total. The molecule has 1 rings (SSSR count). The summed E-state index contributed by atoms with van der Waals surface area (Å²) in [6.45, 7) is 0.870. The van der Waals surface area contributed by atoms with Crippen molar-refractivity contribution < 1.29 is 34.5 Å². The van der Waals surface area contributed by atoms with E-state index in [1.807, 2.05) is 6.92 Å². The molecule has 1 amide bonds. The van der Waals surface area contributed by atoms with Gasteiger partial charge in [-0.15, -0.1) is 0 Å². The first-order valence-corrected chi connectivity index (χ1v) is 7.18. The second-order valence-electron chi connectivity index (χ2n) is 5.04. The first kappa shape index (κ1) is 18.3. The van der Waals surface area contributed by atoms with Gasteiger partial charge in [0.1, 0.15) is 12.2 Å². The number of aliphatic hydroxyl groups is 4. The highest BCUT2D eigenvalue weighted by Gasteiger charge is 2.46. The Hall–Kier alpha value is -0.705. The van der Waals surface area contributed by atoms with Gasteiger partial charge in [0.05, 0.1) is 31.9 Å². The Morgan fingerprint density at radius 2 is 1.71 bits per heavy atom. The molecule has 0 spiro atoms. The molecule has 0 saturated carbocycles. The molecular weight excluding hydrogens is 281 g/mol. The molecule has 9 heteroatoms. The van der Waals surface area contributed by atoms with Crippen LogP contribution in [0.5, 0.6) is 0 Å². The van der Waals surface area contributed by atoms with E-state index in [4.69, 9.17) is 19.5 Å². The van der Waals surface area contributed by atoms with E-state index < -0.39 is 44.7 Å². The fourth-order valence-corrected chi connectivity index (χ4v) is 2.08. The second kappa shape index (κ2) is 9.34. The van der Waals surface area contributed by atoms with E-state index in [1.54, 1.807) is 0 Å². The number of hydrogen-bond donors (Lipinski definition) is 5. The predicted octanol–water partition coefficient (Wildman–Crippen LogP) is -2.19. The van der Waals surface area contributed by atoms with Crippen LogP contribution in [0, 0.1) is 0 Å². The molecular formula is C12H24BNO7. The Bertz CT molecular complexity index is 302. The number of nitrogens with one attached hydrogen (secondary N) is 1. The van der Waals surface area contributed by atoms with Crippen molar-refractivity contribution in [2.24, 2.45) is 0 Å². The SMILES string of the molecule is CCCCC(=O)NCB1OC(C(O)CO)C(C(O)CO)O1. The molecule has 0 aromatic rings. The van der Waals surface area contributed by atoms with Gasteiger partial charge in [0.25, 0.3) is 0 Å². The van der Waals surface area contributed by atoms with Gasteiger partial charge in [-0.2, -0.15) is 0 Å². The zero-order chi connectivity index (χ0) is 15.8. The lowest BCUT2D eigenvalue weighted by Crippen LogP contribution is -2.45. The molecule has 1 aliphatic rings. The van der Waals surface area contributed by atoms with Crippen LogP contribution in [0.1, 0.15) is 26.2 Å². The van der Waals surface area contributed by atoms with Crippen molar-refractivity contribution in [1.82, 2.24) is 5.32 Å². The normalized spacial score (nSPS) is 24.9. The van der Waals surface area contributed by atoms with Crippen LogP contribution in [0.3, 0.4) is 0 Å². The Labute approximate surface area is 124 Å². The smallest absolute Gasteiger partial charge is 0.402 e. The summed E-state index contributed by atoms with van der Waals surface area (Å²) in [4.78, 5) is 11.5. The van der Waals surface area contributed by atoms with E-state index >= 15 is 0 Å². The Kier molecular flexibility index (Phi) is 8.16. The molecule has 1 saturated heterocycles. The average Bonchev–Trinajstić information content (AvgIpc) is 2.93. The van der Waals surface area contributed by atoms with E-state index in [2.05, 4.69) is 5.32 Å². The third-order valence-electron chi connectivity index (χ3n) is 3.30. The molecule has 0 aromatic heterocycles. The summed E-state index contributed by atoms with van der Waals surface area (Å²) in [5.74, 6) is -0.130. The maximum absolute atomic E-state index is 11.5. The molecule has 4 unspecified atom stereocenters. The van der Waals surface area contributed by atoms with Crippen LogP contribution in [0.4, 0.5) is 0 Å². The van der Waals surface area contributed by atoms with Gasteiger partial charge in [-0.1, -0.05) is 13.3 Å². The highest BCUT2D eigenvalue weighted by atomic mass is 16.7. The summed E-state index contributed by atoms with van der Waals surface area (Å²) >= 11 is 0. The molecule has 0 bridgehead atoms. The minimum absolute atomic E-state index is 0.0752. The van der Waals surface area contributed by atoms with Gasteiger partial charge in [0.15, 0.2) is 0 Å². The van der Waals surface area contributed by atoms with E-state index in [0.717, 1.165) is 12.8 Å². The summed E-state index contributed by atoms with van der Waals surface area (Å²) in [7, 11) is -0.840. The minimum atomic E-state index is -1.24. The van der Waals surface area contributed by atoms with Gasteiger partial charge in [-0.25, -0.2) is 0 Å². The molecule has 1 fully saturated rings. The van der Waals surface area contributed by atoms with Gasteiger partial charge in [0.2, 0.25) is 5.91 Å². The number of carbonyl (C=O) groups excluding carboxylic acids is 1. The Balaban J connectivity index is 2.49. The molecule has 8 nitrogen and oxygen atoms in total. The van der Waals surface area contributed by atoms with Crippen molar-refractivity contribution in [3.63, 3.8) is 0 Å². The molecule has 4 atom stereocenters. The van der Waals surface area contributed by atoms with Crippen LogP contribution in [0.25, 0.3) is 0 Å². The van der Waals surface area contributed by atoms with Gasteiger partial charge < -0.3 is 35.1 Å². The van der Waals surface area contributed by atoms with Crippen molar-refractivity contribution in [2.75, 3.05) is 19.7 Å². The van der Waals surface area contributed by atoms with Gasteiger partial charge in [-0.05, 0) is 6.42 Å². The number of rotatable bonds is 9. The number of carbonyl (C=O) groups is 1. The Morgan fingerprint density at radius 3 is 2.14 bits per heavy atom. The zero-order valence-electron chi connectivity index (χ0n) is 12.1. The molecule has 21 heavy (non-hydrogen) atoms. The predicted molar refractivity (Wildman–Crippen MR) is 74.2 cm³/mol. The lowest BCUT2D eigenvalue weighted by Gasteiger charge is -2.24. The fraction of sp³-hybridized carbons (Fsp3) is 0.917. The number of amides is 1. The van der Waals surface area contributed by atoms with E-state index in [0.29, 0.717) is 6.42 Å². The van der Waals surface area contributed by atoms with Crippen LogP contribution >= 0.6 is 0 Å². The van der Waals surface area contributed by atoms with Gasteiger partial charge >= 0.3 is 7.12 Å². The number of hydrogen-bond acceptors (Lipinski definition) is 7. The fourth-order valence-electron chi connectivity index (χ4n) is 2.08. The standard InChI is InChI=1S/C12H24BNO7/c1-2-3-4-10(19)14-7-13-20-11(8(17)5-15)12(21-13)9(18)6-16/h8-9,11-12,15-18H,2-7H2,1H3,(H,14,19). The van der Waals surface area contributed by atoms with Crippen molar-refractivity contribution in [3.8, 4) is 0 Å². The Morgan fingerprint density at radius 1 is 1.19 bits per heavy atom. The van der Waals surface area contributed by atoms with Crippen LogP contribution in [-0.2, 0) is 14.1 Å². The van der Waals surface area contributed by atoms with Crippen molar-refractivity contribution in [2.45, 2.75) is 50.6 Å². The molecule has 0 radical (unpaired) electrons. The third-order valence-corrected chi connectivity index (χ3v) is 3.30. The maximum Gasteiger partial charge on any atom is 0.478 e. The molecule has 0 aliphatic carbocycles. The quantitative estimate of drug-likeness (QED) is 0.306. The molecule has 1 heterocycles. The zero-order valence-corrected chi connectivity index (χ0v) is 12.1. The van der Waals surface area contributed by atoms with E-state index in [9.17, 15) is 15.0 Å². The number of unbranched alkanes of at least 4 members (excludes halogenated alkanes) is 1. The van der Waals surface area contributed by atoms with Gasteiger partial charge in [0, 0.05) is 6.42 Å². The lowest BCUT2D eigenvalue weighted by atomic mass is 9.91. The topological polar surface area (TPSA) is 128 Å². The first-order valence-electron chi connectivity index (χ1n) is 7.18. The summed E-state index contributed by atoms with van der Waals surface area (Å²) < 4.78 is 10.8. The monoisotopic (exact) mass is 305 g/mol. The third kappa shape index (κ3) is 5.53. The largest absolute Gasteiger partial charge is 0.478 e. The maximum atomic E-state index is 11.5. The summed E-state index contributed by atoms with van der Waals surface area (Å²) in [5.41, 5.74) is 0. The van der Waals surface area contributed by atoms with Crippen molar-refractivity contribution in [3.05, 3.63) is 0 Å². The summed E-state index contributed by atoms with van der Waals surface area (Å²) in [5, 5.41) is 39.9. The summed E-state index contributed by atoms with van der Waals surface area (Å²) in [6, 6.07) is 0. The van der Waals surface area contributed by atoms with Crippen LogP contribution in [-0.4, -0.2) is 77.5 Å². The molecule has 1 aliphatic heterocycles. The number of aliphatic hydroxyl groups excluding tert-OH is 4. The molecule has 0 aromatic carbocycles.